The quantitative estimate of drug-likeness (QED) is 0.0510. The molecule has 9 heteroatoms. The fraction of sp³-hybridized carbons (Fsp3) is 0.364. The van der Waals surface area contributed by atoms with Crippen LogP contribution in [0.5, 0.6) is 0 Å². The van der Waals surface area contributed by atoms with E-state index in [-0.39, 0.29) is 35.9 Å². The van der Waals surface area contributed by atoms with Crippen LogP contribution in [0.15, 0.2) is 137 Å². The number of thiophene rings is 1. The molecule has 384 valence electrons. The number of halogens is 3. The molecule has 75 heavy (non-hydrogen) atoms. The zero-order valence-electron chi connectivity index (χ0n) is 44.4. The van der Waals surface area contributed by atoms with Crippen LogP contribution >= 0.6 is 59.1 Å². The van der Waals surface area contributed by atoms with Gasteiger partial charge in [-0.05, 0) is 169 Å². The van der Waals surface area contributed by atoms with Gasteiger partial charge < -0.3 is 5.11 Å². The Morgan fingerprint density at radius 1 is 0.640 bits per heavy atom. The van der Waals surface area contributed by atoms with E-state index >= 15 is 0 Å². The number of hydrogen-bond acceptors (Lipinski definition) is 3. The predicted octanol–water partition coefficient (Wildman–Crippen LogP) is 15.8. The molecule has 0 aliphatic carbocycles. The molecule has 7 atom stereocenters. The zero-order valence-corrected chi connectivity index (χ0v) is 50.0. The molecule has 0 saturated carbocycles. The summed E-state index contributed by atoms with van der Waals surface area (Å²) in [6, 6.07) is 36.0. The first kappa shape index (κ1) is 51.3. The molecule has 0 radical (unpaired) electrons. The van der Waals surface area contributed by atoms with Gasteiger partial charge in [-0.3, -0.25) is 0 Å². The van der Waals surface area contributed by atoms with Gasteiger partial charge in [0.2, 0.25) is 11.4 Å². The van der Waals surface area contributed by atoms with Crippen molar-refractivity contribution in [2.75, 3.05) is 6.61 Å². The van der Waals surface area contributed by atoms with Crippen LogP contribution < -0.4 is 0 Å². The van der Waals surface area contributed by atoms with Gasteiger partial charge >= 0.3 is 5.91 Å². The minimum atomic E-state index is -0.637. The highest BCUT2D eigenvalue weighted by Gasteiger charge is 2.81. The van der Waals surface area contributed by atoms with E-state index in [0.29, 0.717) is 6.61 Å². The number of aliphatic hydroxyl groups excluding tert-OH is 1. The molecule has 1 N–H and O–H groups in total. The molecule has 13 rings (SSSR count). The van der Waals surface area contributed by atoms with Crippen molar-refractivity contribution in [3.63, 3.8) is 0 Å². The van der Waals surface area contributed by atoms with Crippen LogP contribution in [0.2, 0.25) is 0 Å². The Hall–Kier alpha value is -4.48. The van der Waals surface area contributed by atoms with Gasteiger partial charge in [0.25, 0.3) is 0 Å². The highest BCUT2D eigenvalue weighted by molar-refractivity contribution is 9.11. The van der Waals surface area contributed by atoms with Crippen LogP contribution in [0.4, 0.5) is 0 Å². The summed E-state index contributed by atoms with van der Waals surface area (Å²) in [6.07, 6.45) is 23.6. The molecule has 5 nitrogen and oxygen atoms in total. The van der Waals surface area contributed by atoms with Gasteiger partial charge in [-0.2, -0.15) is 0 Å². The van der Waals surface area contributed by atoms with Crippen molar-refractivity contribution in [3.05, 3.63) is 226 Å². The average molecular weight is 1210 g/mol. The lowest BCUT2D eigenvalue weighted by Crippen LogP contribution is -2.79. The summed E-state index contributed by atoms with van der Waals surface area (Å²) >= 11 is 12.8. The van der Waals surface area contributed by atoms with E-state index in [1.807, 2.05) is 11.3 Å². The number of rotatable bonds is 14. The predicted molar refractivity (Wildman–Crippen MR) is 322 cm³/mol. The number of nitrogens with zero attached hydrogens (tertiary/aromatic N) is 4. The van der Waals surface area contributed by atoms with Crippen molar-refractivity contribution in [2.45, 2.75) is 146 Å². The van der Waals surface area contributed by atoms with E-state index in [2.05, 4.69) is 242 Å². The Bertz CT molecular complexity index is 3410. The third-order valence-electron chi connectivity index (χ3n) is 17.5. The Morgan fingerprint density at radius 2 is 1.27 bits per heavy atom. The highest BCUT2D eigenvalue weighted by Crippen LogP contribution is 2.61. The average Bonchev–Trinajstić information content (AvgIpc) is 4.46. The first-order valence-corrected chi connectivity index (χ1v) is 31.2. The normalized spacial score (nSPS) is 24.1. The summed E-state index contributed by atoms with van der Waals surface area (Å²) in [5.74, 6) is -0.185. The Kier molecular flexibility index (Phi) is 13.9. The van der Waals surface area contributed by atoms with Gasteiger partial charge in [0.05, 0.1) is 33.1 Å². The van der Waals surface area contributed by atoms with E-state index in [0.717, 1.165) is 23.5 Å². The maximum atomic E-state index is 8.86. The fourth-order valence-corrected chi connectivity index (χ4v) is 17.4. The van der Waals surface area contributed by atoms with Crippen molar-refractivity contribution in [3.8, 4) is 0 Å². The number of aromatic nitrogens is 1. The lowest BCUT2D eigenvalue weighted by Gasteiger charge is -2.54. The van der Waals surface area contributed by atoms with Crippen LogP contribution in [-0.2, 0) is 29.4 Å². The molecule has 7 aliphatic rings. The fourth-order valence-electron chi connectivity index (χ4n) is 14.8. The van der Waals surface area contributed by atoms with Gasteiger partial charge in [0.1, 0.15) is 5.92 Å². The maximum Gasteiger partial charge on any atom is 0.522 e. The number of aryl methyl sites for hydroxylation is 8. The molecular formula is C66H69Br3N4OS+2. The Morgan fingerprint density at radius 3 is 1.89 bits per heavy atom. The van der Waals surface area contributed by atoms with Crippen molar-refractivity contribution in [2.24, 2.45) is 0 Å². The van der Waals surface area contributed by atoms with Crippen LogP contribution in [-0.4, -0.2) is 59.9 Å². The van der Waals surface area contributed by atoms with Gasteiger partial charge in [-0.15, -0.1) is 20.8 Å². The molecule has 4 aromatic carbocycles. The lowest BCUT2D eigenvalue weighted by molar-refractivity contribution is -0.897. The number of unbranched alkanes of at least 4 members (excludes halogenated alkanes) is 3. The third kappa shape index (κ3) is 8.12. The number of benzene rings is 4. The first-order chi connectivity index (χ1) is 36.4. The van der Waals surface area contributed by atoms with E-state index < -0.39 is 5.91 Å². The monoisotopic (exact) mass is 1200 g/mol. The second-order valence-electron chi connectivity index (χ2n) is 22.3. The van der Waals surface area contributed by atoms with E-state index in [4.69, 9.17) is 5.11 Å². The summed E-state index contributed by atoms with van der Waals surface area (Å²) in [6.45, 7) is 16.3. The van der Waals surface area contributed by atoms with E-state index in [1.54, 1.807) is 0 Å². The van der Waals surface area contributed by atoms with Crippen molar-refractivity contribution in [1.82, 2.24) is 9.47 Å². The molecule has 1 spiro atoms. The Balaban J connectivity index is 0.000000307. The zero-order chi connectivity index (χ0) is 52.0. The number of aliphatic hydroxyl groups is 1. The van der Waals surface area contributed by atoms with Gasteiger partial charge in [-0.1, -0.05) is 159 Å². The molecule has 0 fully saturated rings. The molecule has 7 aliphatic heterocycles. The molecule has 7 unspecified atom stereocenters. The summed E-state index contributed by atoms with van der Waals surface area (Å²) < 4.78 is 9.79. The molecule has 0 amide bonds. The van der Waals surface area contributed by atoms with Crippen LogP contribution in [0.25, 0.3) is 5.57 Å². The minimum absolute atomic E-state index is 0.119. The van der Waals surface area contributed by atoms with Gasteiger partial charge in [0, 0.05) is 52.0 Å². The standard InChI is InChI=1S/C53H48Br2N4.C13H21BrOS/c1-29-23-31(3)47(32(4)24-29)51-43-19-15-39-49(37-11-7-35(27-54)8-12-37)41-17-21-45-52(48-33(5)25-30(2)26-34(48)6)46-22-18-42-50(38-13-9-36(28-55)10-14-38)40-16-20-44(51)57(40)53(56(39)43,58(41)45)59(42)46;1-2-3-4-5-7-11-10-13(14)16-12(11)8-6-9-15/h7-26,39-40,43,49-51H,27-28H2,1-6H3;10,15H,2-9H2,1H3/q+2;. The molecule has 0 bridgehead atoms. The minimum Gasteiger partial charge on any atom is -0.396 e. The summed E-state index contributed by atoms with van der Waals surface area (Å²) in [5.41, 5.74) is 25.9. The summed E-state index contributed by atoms with van der Waals surface area (Å²) in [4.78, 5) is 4.43. The second-order valence-corrected chi connectivity index (χ2v) is 25.9. The third-order valence-corrected chi connectivity index (χ3v) is 20.5. The first-order valence-electron chi connectivity index (χ1n) is 27.4. The molecular weight excluding hydrogens is 1140 g/mol. The van der Waals surface area contributed by atoms with Crippen molar-refractivity contribution < 1.29 is 14.3 Å². The molecule has 9 heterocycles. The molecule has 0 saturated heterocycles. The van der Waals surface area contributed by atoms with Crippen LogP contribution in [0.3, 0.4) is 0 Å². The number of alkyl halides is 2. The van der Waals surface area contributed by atoms with Gasteiger partial charge in [0.15, 0.2) is 11.8 Å². The largest absolute Gasteiger partial charge is 0.522 e. The number of hydrogen-bond donors (Lipinski definition) is 1. The molecule has 2 aromatic heterocycles. The Labute approximate surface area is 474 Å². The smallest absolute Gasteiger partial charge is 0.396 e. The van der Waals surface area contributed by atoms with Crippen molar-refractivity contribution in [1.29, 1.82) is 0 Å². The SMILES string of the molecule is CCCCCCc1cc(Br)sc1CCCO.Cc1cc(C)c(C2=C3C=CC4=[N+]3C35N6C(C=CC6C(c6ccc(CBr)cc6)c6ccc2n63)C(c2c(C)cc(C)cc2C)C2=[N+]5C(C=C2)C4c2ccc(CBr)cc2)c(C)c1. The lowest BCUT2D eigenvalue weighted by atomic mass is 9.77. The second kappa shape index (κ2) is 20.4. The van der Waals surface area contributed by atoms with Crippen molar-refractivity contribution >= 4 is 76.1 Å². The van der Waals surface area contributed by atoms with Crippen LogP contribution in [0, 0.1) is 41.5 Å². The molecule has 6 aromatic rings. The summed E-state index contributed by atoms with van der Waals surface area (Å²) in [7, 11) is 0. The van der Waals surface area contributed by atoms with E-state index in [9.17, 15) is 0 Å². The van der Waals surface area contributed by atoms with Gasteiger partial charge in [-0.25, -0.2) is 4.57 Å². The topological polar surface area (TPSA) is 34.4 Å². The summed E-state index contributed by atoms with van der Waals surface area (Å²) in [5, 5.41) is 10.6. The number of allylic oxidation sites excluding steroid dienone is 3. The van der Waals surface area contributed by atoms with Crippen LogP contribution in [0.1, 0.15) is 145 Å². The maximum absolute atomic E-state index is 8.86. The van der Waals surface area contributed by atoms with E-state index in [1.165, 1.54) is 147 Å². The highest BCUT2D eigenvalue weighted by atomic mass is 79.9.